The first kappa shape index (κ1) is 19.8. The number of benzene rings is 1. The molecule has 4 atom stereocenters. The molecule has 0 spiro atoms. The van der Waals surface area contributed by atoms with Crippen LogP contribution < -0.4 is 5.32 Å². The summed E-state index contributed by atoms with van der Waals surface area (Å²) in [6.07, 6.45) is 2.27. The van der Waals surface area contributed by atoms with Gasteiger partial charge in [0.25, 0.3) is 0 Å². The zero-order valence-corrected chi connectivity index (χ0v) is 16.3. The molecule has 2 aliphatic rings. The Kier molecular flexibility index (Phi) is 5.58. The van der Waals surface area contributed by atoms with Crippen LogP contribution in [0.2, 0.25) is 0 Å². The van der Waals surface area contributed by atoms with Gasteiger partial charge in [-0.15, -0.1) is 0 Å². The molecule has 2 fully saturated rings. The Bertz CT molecular complexity index is 757. The molecule has 0 unspecified atom stereocenters. The first-order chi connectivity index (χ1) is 12.9. The van der Waals surface area contributed by atoms with Gasteiger partial charge in [0.05, 0.1) is 18.4 Å². The van der Waals surface area contributed by atoms with Crippen LogP contribution in [0, 0.1) is 17.7 Å². The van der Waals surface area contributed by atoms with Crippen LogP contribution in [0.15, 0.2) is 24.3 Å². The summed E-state index contributed by atoms with van der Waals surface area (Å²) in [5.41, 5.74) is -0.613. The maximum absolute atomic E-state index is 13.4. The van der Waals surface area contributed by atoms with Crippen LogP contribution in [-0.2, 0) is 19.1 Å². The van der Waals surface area contributed by atoms with Crippen molar-refractivity contribution in [1.29, 1.82) is 0 Å². The van der Waals surface area contributed by atoms with Crippen LogP contribution in [0.1, 0.15) is 24.9 Å². The van der Waals surface area contributed by atoms with Crippen LogP contribution in [0.3, 0.4) is 0 Å². The molecule has 146 valence electrons. The summed E-state index contributed by atoms with van der Waals surface area (Å²) >= 11 is 1.55. The number of likely N-dealkylation sites (tertiary alicyclic amines) is 1. The summed E-state index contributed by atoms with van der Waals surface area (Å²) in [4.78, 5) is 39.8. The molecular weight excluding hydrogens is 371 g/mol. The number of carbonyl (C=O) groups is 3. The molecule has 2 saturated heterocycles. The Morgan fingerprint density at radius 2 is 1.96 bits per heavy atom. The largest absolute Gasteiger partial charge is 0.465 e. The standard InChI is InChI=1S/C19H23FN2O4S/c1-4-26-18(25)19(9-10-27-3)14-13(16(23)22(2)17(14)24)15(21-19)11-5-7-12(20)8-6-11/h5-8,13-15,21H,4,9-10H2,1-3H3/t13-,14-,15-,19-/m1/s1. The fourth-order valence-corrected chi connectivity index (χ4v) is 4.67. The fraction of sp³-hybridized carbons (Fsp3) is 0.526. The van der Waals surface area contributed by atoms with Gasteiger partial charge >= 0.3 is 5.97 Å². The zero-order valence-electron chi connectivity index (χ0n) is 15.5. The molecule has 1 aromatic carbocycles. The van der Waals surface area contributed by atoms with Crippen molar-refractivity contribution in [2.75, 3.05) is 25.7 Å². The number of hydrogen-bond donors (Lipinski definition) is 1. The number of ether oxygens (including phenoxy) is 1. The monoisotopic (exact) mass is 394 g/mol. The van der Waals surface area contributed by atoms with Crippen molar-refractivity contribution < 1.29 is 23.5 Å². The van der Waals surface area contributed by atoms with Crippen LogP contribution in [0.25, 0.3) is 0 Å². The van der Waals surface area contributed by atoms with E-state index in [-0.39, 0.29) is 18.4 Å². The highest BCUT2D eigenvalue weighted by atomic mass is 32.2. The summed E-state index contributed by atoms with van der Waals surface area (Å²) in [6, 6.07) is 5.21. The van der Waals surface area contributed by atoms with Gasteiger partial charge < -0.3 is 4.74 Å². The van der Waals surface area contributed by atoms with Crippen LogP contribution >= 0.6 is 11.8 Å². The van der Waals surface area contributed by atoms with Crippen molar-refractivity contribution in [3.8, 4) is 0 Å². The minimum absolute atomic E-state index is 0.179. The van der Waals surface area contributed by atoms with Gasteiger partial charge in [-0.1, -0.05) is 12.1 Å². The lowest BCUT2D eigenvalue weighted by atomic mass is 9.78. The Morgan fingerprint density at radius 1 is 1.30 bits per heavy atom. The normalized spacial score (nSPS) is 29.9. The van der Waals surface area contributed by atoms with E-state index >= 15 is 0 Å². The Labute approximate surface area is 161 Å². The molecule has 8 heteroatoms. The lowest BCUT2D eigenvalue weighted by Crippen LogP contribution is -2.56. The smallest absolute Gasteiger partial charge is 0.327 e. The summed E-state index contributed by atoms with van der Waals surface area (Å²) in [6.45, 7) is 1.88. The van der Waals surface area contributed by atoms with Gasteiger partial charge in [-0.25, -0.2) is 4.39 Å². The van der Waals surface area contributed by atoms with Crippen molar-refractivity contribution in [3.05, 3.63) is 35.6 Å². The van der Waals surface area contributed by atoms with Crippen LogP contribution in [0.4, 0.5) is 4.39 Å². The Morgan fingerprint density at radius 3 is 2.56 bits per heavy atom. The third-order valence-corrected chi connectivity index (χ3v) is 6.06. The highest BCUT2D eigenvalue weighted by Gasteiger charge is 2.67. The third-order valence-electron chi connectivity index (χ3n) is 5.44. The number of nitrogens with one attached hydrogen (secondary N) is 1. The van der Waals surface area contributed by atoms with Gasteiger partial charge in [0.15, 0.2) is 0 Å². The molecule has 0 saturated carbocycles. The minimum Gasteiger partial charge on any atom is -0.465 e. The van der Waals surface area contributed by atoms with E-state index in [1.807, 2.05) is 6.26 Å². The van der Waals surface area contributed by atoms with Gasteiger partial charge in [0.2, 0.25) is 11.8 Å². The van der Waals surface area contributed by atoms with Crippen molar-refractivity contribution in [1.82, 2.24) is 10.2 Å². The molecule has 6 nitrogen and oxygen atoms in total. The average Bonchev–Trinajstić information content (AvgIpc) is 3.11. The topological polar surface area (TPSA) is 75.7 Å². The number of amides is 2. The van der Waals surface area contributed by atoms with E-state index in [0.717, 1.165) is 4.90 Å². The number of imide groups is 1. The lowest BCUT2D eigenvalue weighted by molar-refractivity contribution is -0.156. The molecule has 27 heavy (non-hydrogen) atoms. The highest BCUT2D eigenvalue weighted by molar-refractivity contribution is 7.98. The van der Waals surface area contributed by atoms with Gasteiger partial charge in [0, 0.05) is 13.1 Å². The fourth-order valence-electron chi connectivity index (χ4n) is 4.15. The van der Waals surface area contributed by atoms with Crippen molar-refractivity contribution >= 4 is 29.5 Å². The predicted octanol–water partition coefficient (Wildman–Crippen LogP) is 1.76. The van der Waals surface area contributed by atoms with E-state index in [1.54, 1.807) is 30.8 Å². The van der Waals surface area contributed by atoms with E-state index in [1.165, 1.54) is 19.2 Å². The van der Waals surface area contributed by atoms with E-state index in [4.69, 9.17) is 4.74 Å². The summed E-state index contributed by atoms with van der Waals surface area (Å²) in [5, 5.41) is 3.26. The van der Waals surface area contributed by atoms with Gasteiger partial charge in [-0.05, 0) is 43.0 Å². The van der Waals surface area contributed by atoms with Crippen molar-refractivity contribution in [3.63, 3.8) is 0 Å². The summed E-state index contributed by atoms with van der Waals surface area (Å²) < 4.78 is 18.7. The number of hydrogen-bond acceptors (Lipinski definition) is 6. The van der Waals surface area contributed by atoms with Crippen molar-refractivity contribution in [2.45, 2.75) is 24.9 Å². The second-order valence-electron chi connectivity index (χ2n) is 6.85. The van der Waals surface area contributed by atoms with Gasteiger partial charge in [-0.2, -0.15) is 11.8 Å². The second kappa shape index (κ2) is 7.59. The van der Waals surface area contributed by atoms with E-state index in [0.29, 0.717) is 17.7 Å². The summed E-state index contributed by atoms with van der Waals surface area (Å²) in [5.74, 6) is -2.56. The number of nitrogens with zero attached hydrogens (tertiary/aromatic N) is 1. The number of rotatable bonds is 6. The highest BCUT2D eigenvalue weighted by Crippen LogP contribution is 2.50. The molecule has 0 bridgehead atoms. The quantitative estimate of drug-likeness (QED) is 0.585. The maximum Gasteiger partial charge on any atom is 0.327 e. The SMILES string of the molecule is CCOC(=O)[C@]1(CCSC)N[C@H](c2ccc(F)cc2)[C@@H]2C(=O)N(C)C(=O)[C@@H]21. The molecule has 3 rings (SSSR count). The van der Waals surface area contributed by atoms with Crippen LogP contribution in [-0.4, -0.2) is 53.9 Å². The third kappa shape index (κ3) is 3.14. The Balaban J connectivity index is 2.10. The zero-order chi connectivity index (χ0) is 19.8. The van der Waals surface area contributed by atoms with Gasteiger partial charge in [0.1, 0.15) is 11.4 Å². The maximum atomic E-state index is 13.4. The molecule has 2 aliphatic heterocycles. The summed E-state index contributed by atoms with van der Waals surface area (Å²) in [7, 11) is 1.44. The number of fused-ring (bicyclic) bond motifs is 1. The van der Waals surface area contributed by atoms with E-state index in [2.05, 4.69) is 5.32 Å². The molecule has 1 aromatic rings. The molecule has 0 radical (unpaired) electrons. The second-order valence-corrected chi connectivity index (χ2v) is 7.83. The Hall–Kier alpha value is -1.93. The number of carbonyl (C=O) groups excluding carboxylic acids is 3. The molecule has 0 aliphatic carbocycles. The first-order valence-corrected chi connectivity index (χ1v) is 10.3. The average molecular weight is 394 g/mol. The number of thioether (sulfide) groups is 1. The first-order valence-electron chi connectivity index (χ1n) is 8.88. The predicted molar refractivity (Wildman–Crippen MR) is 99.4 cm³/mol. The molecule has 2 heterocycles. The van der Waals surface area contributed by atoms with Gasteiger partial charge in [-0.3, -0.25) is 24.6 Å². The van der Waals surface area contributed by atoms with Crippen molar-refractivity contribution in [2.24, 2.45) is 11.8 Å². The molecular formula is C19H23FN2O4S. The molecule has 0 aromatic heterocycles. The molecule has 1 N–H and O–H groups in total. The molecule has 2 amide bonds. The van der Waals surface area contributed by atoms with Crippen LogP contribution in [0.5, 0.6) is 0 Å². The minimum atomic E-state index is -1.28. The lowest BCUT2D eigenvalue weighted by Gasteiger charge is -2.32. The van der Waals surface area contributed by atoms with E-state index < -0.39 is 35.2 Å². The number of halogens is 1. The van der Waals surface area contributed by atoms with E-state index in [9.17, 15) is 18.8 Å². The number of esters is 1.